The minimum Gasteiger partial charge on any atom is -0.456 e. The van der Waals surface area contributed by atoms with Crippen molar-refractivity contribution in [3.05, 3.63) is 254 Å². The highest BCUT2D eigenvalue weighted by Gasteiger charge is 2.27. The summed E-state index contributed by atoms with van der Waals surface area (Å²) in [5, 5.41) is 7.10. The van der Waals surface area contributed by atoms with E-state index in [1.54, 1.807) is 0 Å². The molecule has 0 aliphatic heterocycles. The summed E-state index contributed by atoms with van der Waals surface area (Å²) in [6, 6.07) is 89.2. The highest BCUT2D eigenvalue weighted by molar-refractivity contribution is 6.16. The summed E-state index contributed by atoms with van der Waals surface area (Å²) in [6.07, 6.45) is 0. The first-order valence-corrected chi connectivity index (χ1v) is 26.2. The molecule has 0 aliphatic rings. The zero-order chi connectivity index (χ0) is 51.0. The number of fused-ring (bicyclic) bond motifs is 7. The van der Waals surface area contributed by atoms with Crippen LogP contribution in [0.1, 0.15) is 52.7 Å². The van der Waals surface area contributed by atoms with Gasteiger partial charge in [0.2, 0.25) is 0 Å². The Morgan fingerprint density at radius 3 is 1.60 bits per heavy atom. The van der Waals surface area contributed by atoms with Crippen LogP contribution in [0.15, 0.2) is 247 Å². The van der Waals surface area contributed by atoms with Crippen LogP contribution in [0.2, 0.25) is 0 Å². The Balaban J connectivity index is 1.09. The number of hydrogen-bond acceptors (Lipinski definition) is 2. The van der Waals surface area contributed by atoms with E-state index in [0.29, 0.717) is 0 Å². The molecule has 2 heterocycles. The highest BCUT2D eigenvalue weighted by atomic mass is 16.3. The number of benzene rings is 11. The molecule has 0 aliphatic carbocycles. The lowest BCUT2D eigenvalue weighted by Gasteiger charge is -2.31. The smallest absolute Gasteiger partial charge is 0.136 e. The second-order valence-electron chi connectivity index (χ2n) is 22.1. The van der Waals surface area contributed by atoms with Crippen LogP contribution in [0.3, 0.4) is 0 Å². The second kappa shape index (κ2) is 17.9. The zero-order valence-corrected chi connectivity index (χ0v) is 43.4. The third-order valence-corrected chi connectivity index (χ3v) is 15.3. The molecule has 0 amide bonds. The lowest BCUT2D eigenvalue weighted by atomic mass is 9.78. The molecule has 362 valence electrons. The van der Waals surface area contributed by atoms with Crippen molar-refractivity contribution in [3.8, 4) is 50.2 Å². The molecule has 0 atom stereocenters. The molecular formula is C72H58N2O. The number of nitrogens with zero attached hydrogens (tertiary/aromatic N) is 2. The van der Waals surface area contributed by atoms with Crippen molar-refractivity contribution >= 4 is 71.6 Å². The van der Waals surface area contributed by atoms with E-state index in [-0.39, 0.29) is 10.8 Å². The third-order valence-electron chi connectivity index (χ3n) is 15.3. The van der Waals surface area contributed by atoms with Crippen molar-refractivity contribution < 1.29 is 4.42 Å². The van der Waals surface area contributed by atoms with Crippen LogP contribution >= 0.6 is 0 Å². The quantitative estimate of drug-likeness (QED) is 0.151. The van der Waals surface area contributed by atoms with Crippen LogP contribution in [-0.4, -0.2) is 4.57 Å². The van der Waals surface area contributed by atoms with Gasteiger partial charge in [-0.25, -0.2) is 0 Å². The molecule has 13 aromatic rings. The fourth-order valence-electron chi connectivity index (χ4n) is 11.6. The van der Waals surface area contributed by atoms with Gasteiger partial charge in [-0.15, -0.1) is 0 Å². The van der Waals surface area contributed by atoms with E-state index in [1.807, 2.05) is 6.07 Å². The number of rotatable bonds is 8. The molecule has 11 aromatic carbocycles. The Kier molecular flexibility index (Phi) is 11.0. The number of para-hydroxylation sites is 6. The maximum Gasteiger partial charge on any atom is 0.136 e. The third kappa shape index (κ3) is 7.90. The zero-order valence-electron chi connectivity index (χ0n) is 43.4. The molecule has 0 spiro atoms. The average molecular weight is 967 g/mol. The molecule has 3 nitrogen and oxygen atoms in total. The number of hydrogen-bond donors (Lipinski definition) is 0. The average Bonchev–Trinajstić information content (AvgIpc) is 4.00. The normalized spacial score (nSPS) is 12.1. The van der Waals surface area contributed by atoms with Crippen molar-refractivity contribution in [2.45, 2.75) is 52.4 Å². The van der Waals surface area contributed by atoms with Crippen LogP contribution < -0.4 is 4.90 Å². The van der Waals surface area contributed by atoms with Gasteiger partial charge in [0, 0.05) is 49.6 Å². The summed E-state index contributed by atoms with van der Waals surface area (Å²) in [7, 11) is 0. The monoisotopic (exact) mass is 966 g/mol. The molecule has 13 rings (SSSR count). The van der Waals surface area contributed by atoms with Crippen LogP contribution in [0.25, 0.3) is 105 Å². The lowest BCUT2D eigenvalue weighted by Crippen LogP contribution is -2.16. The first kappa shape index (κ1) is 45.9. The molecule has 0 radical (unpaired) electrons. The van der Waals surface area contributed by atoms with E-state index >= 15 is 0 Å². The summed E-state index contributed by atoms with van der Waals surface area (Å²) in [5.74, 6) is 0. The molecule has 0 N–H and O–H groups in total. The predicted octanol–water partition coefficient (Wildman–Crippen LogP) is 20.6. The van der Waals surface area contributed by atoms with Gasteiger partial charge in [-0.05, 0) is 115 Å². The van der Waals surface area contributed by atoms with Gasteiger partial charge in [0.05, 0.1) is 22.4 Å². The van der Waals surface area contributed by atoms with E-state index in [2.05, 4.69) is 288 Å². The number of aromatic nitrogens is 1. The summed E-state index contributed by atoms with van der Waals surface area (Å²) in [5.41, 5.74) is 20.3. The van der Waals surface area contributed by atoms with Crippen molar-refractivity contribution in [2.75, 3.05) is 4.90 Å². The molecule has 0 saturated heterocycles. The van der Waals surface area contributed by atoms with Crippen LogP contribution in [-0.2, 0) is 10.8 Å². The molecule has 0 bridgehead atoms. The summed E-state index contributed by atoms with van der Waals surface area (Å²) in [6.45, 7) is 13.9. The Bertz CT molecular complexity index is 4290. The van der Waals surface area contributed by atoms with E-state index < -0.39 is 0 Å². The molecule has 75 heavy (non-hydrogen) atoms. The van der Waals surface area contributed by atoms with Gasteiger partial charge >= 0.3 is 0 Å². The summed E-state index contributed by atoms with van der Waals surface area (Å²) in [4.78, 5) is 2.51. The lowest BCUT2D eigenvalue weighted by molar-refractivity contribution is 0.569. The van der Waals surface area contributed by atoms with Gasteiger partial charge in [-0.3, -0.25) is 0 Å². The van der Waals surface area contributed by atoms with Gasteiger partial charge in [0.25, 0.3) is 0 Å². The van der Waals surface area contributed by atoms with Crippen LogP contribution in [0.4, 0.5) is 17.1 Å². The standard InChI is InChI=1S/C72H58N2O/c1-71(2,3)50-43-49(44-51(46-50)72(4,5)6)55-33-19-23-47-24-20-35-59(68(47)55)56-29-10-14-38-63(56)73(53-28-18-25-48(45-53)54-34-22-42-67-69(54)62-32-13-17-41-66(62)75-67)64-39-15-11-30-57(64)60-36-21-37-61-58-31-12-16-40-65(58)74(70(60)61)52-26-8-7-9-27-52/h7-46H,1-6H3. The molecule has 2 aromatic heterocycles. The van der Waals surface area contributed by atoms with Crippen molar-refractivity contribution in [3.63, 3.8) is 0 Å². The first-order valence-electron chi connectivity index (χ1n) is 26.2. The number of anilines is 3. The minimum atomic E-state index is -0.0333. The SMILES string of the molecule is CC(C)(C)c1cc(-c2cccc3cccc(-c4ccccc4N(c4cccc(-c5cccc6oc7ccccc7c56)c4)c4ccccc4-c4cccc5c6ccccc6n(-c6ccccc6)c45)c23)cc(C(C)(C)C)c1. The minimum absolute atomic E-state index is 0.0333. The van der Waals surface area contributed by atoms with Gasteiger partial charge in [0.1, 0.15) is 11.2 Å². The Hall–Kier alpha value is -8.92. The summed E-state index contributed by atoms with van der Waals surface area (Å²) >= 11 is 0. The van der Waals surface area contributed by atoms with E-state index in [4.69, 9.17) is 4.42 Å². The fourth-order valence-corrected chi connectivity index (χ4v) is 11.6. The fraction of sp³-hybridized carbons (Fsp3) is 0.111. The Morgan fingerprint density at radius 1 is 0.360 bits per heavy atom. The van der Waals surface area contributed by atoms with Crippen molar-refractivity contribution in [1.29, 1.82) is 0 Å². The second-order valence-corrected chi connectivity index (χ2v) is 22.1. The van der Waals surface area contributed by atoms with Gasteiger partial charge in [0.15, 0.2) is 0 Å². The largest absolute Gasteiger partial charge is 0.456 e. The van der Waals surface area contributed by atoms with Crippen molar-refractivity contribution in [2.24, 2.45) is 0 Å². The molecule has 3 heteroatoms. The first-order chi connectivity index (χ1) is 36.5. The van der Waals surface area contributed by atoms with Crippen molar-refractivity contribution in [1.82, 2.24) is 4.57 Å². The van der Waals surface area contributed by atoms with E-state index in [0.717, 1.165) is 72.5 Å². The van der Waals surface area contributed by atoms with Crippen LogP contribution in [0.5, 0.6) is 0 Å². The Labute approximate surface area is 439 Å². The Morgan fingerprint density at radius 2 is 0.880 bits per heavy atom. The molecule has 0 unspecified atom stereocenters. The van der Waals surface area contributed by atoms with E-state index in [9.17, 15) is 0 Å². The predicted molar refractivity (Wildman–Crippen MR) is 319 cm³/mol. The molecular weight excluding hydrogens is 909 g/mol. The summed E-state index contributed by atoms with van der Waals surface area (Å²) < 4.78 is 8.92. The van der Waals surface area contributed by atoms with Gasteiger partial charge < -0.3 is 13.9 Å². The van der Waals surface area contributed by atoms with Gasteiger partial charge in [-0.1, -0.05) is 230 Å². The maximum atomic E-state index is 6.47. The molecule has 0 fully saturated rings. The maximum absolute atomic E-state index is 6.47. The van der Waals surface area contributed by atoms with Crippen LogP contribution in [0, 0.1) is 0 Å². The highest BCUT2D eigenvalue weighted by Crippen LogP contribution is 2.50. The van der Waals surface area contributed by atoms with E-state index in [1.165, 1.54) is 60.4 Å². The molecule has 0 saturated carbocycles. The topological polar surface area (TPSA) is 21.3 Å². The number of furan rings is 1. The van der Waals surface area contributed by atoms with Gasteiger partial charge in [-0.2, -0.15) is 0 Å².